The summed E-state index contributed by atoms with van der Waals surface area (Å²) in [6, 6.07) is 0. The first kappa shape index (κ1) is 28.3. The van der Waals surface area contributed by atoms with Crippen molar-refractivity contribution in [1.82, 2.24) is 9.80 Å². The Labute approximate surface area is 205 Å². The molecule has 8 nitrogen and oxygen atoms in total. The van der Waals surface area contributed by atoms with Crippen molar-refractivity contribution in [3.05, 3.63) is 0 Å². The van der Waals surface area contributed by atoms with Crippen molar-refractivity contribution in [2.24, 2.45) is 11.8 Å². The number of esters is 1. The molecule has 0 saturated carbocycles. The van der Waals surface area contributed by atoms with Crippen LogP contribution in [0.2, 0.25) is 0 Å². The molecule has 0 aliphatic carbocycles. The van der Waals surface area contributed by atoms with Crippen LogP contribution in [0.5, 0.6) is 0 Å². The average molecular weight is 505 g/mol. The number of carbonyl (C=O) groups excluding carboxylic acids is 2. The maximum atomic E-state index is 11.5. The lowest BCUT2D eigenvalue weighted by atomic mass is 9.94. The van der Waals surface area contributed by atoms with E-state index in [0.29, 0.717) is 31.5 Å². The van der Waals surface area contributed by atoms with Gasteiger partial charge in [0.15, 0.2) is 0 Å². The highest BCUT2D eigenvalue weighted by Crippen LogP contribution is 2.25. The average Bonchev–Trinajstić information content (AvgIpc) is 2.82. The van der Waals surface area contributed by atoms with Gasteiger partial charge in [0.2, 0.25) is 0 Å². The summed E-state index contributed by atoms with van der Waals surface area (Å²) in [6.07, 6.45) is 6.38. The van der Waals surface area contributed by atoms with E-state index in [0.717, 1.165) is 76.5 Å². The molecule has 0 amide bonds. The zero-order valence-electron chi connectivity index (χ0n) is 19.7. The minimum Gasteiger partial charge on any atom is -0.481 e. The number of likely N-dealkylation sites (tertiary alicyclic amines) is 2. The van der Waals surface area contributed by atoms with Gasteiger partial charge in [0.1, 0.15) is 0 Å². The van der Waals surface area contributed by atoms with Crippen LogP contribution in [0.25, 0.3) is 0 Å². The van der Waals surface area contributed by atoms with Gasteiger partial charge in [-0.25, -0.2) is 0 Å². The molecule has 2 fully saturated rings. The van der Waals surface area contributed by atoms with Gasteiger partial charge in [-0.3, -0.25) is 14.4 Å². The Morgan fingerprint density at radius 2 is 1.36 bits per heavy atom. The van der Waals surface area contributed by atoms with Crippen molar-refractivity contribution in [3.8, 4) is 0 Å². The highest BCUT2D eigenvalue weighted by molar-refractivity contribution is 8.76. The van der Waals surface area contributed by atoms with Crippen LogP contribution in [-0.2, 0) is 23.9 Å². The molecule has 0 bridgehead atoms. The maximum Gasteiger partial charge on any atom is 0.306 e. The second-order valence-corrected chi connectivity index (χ2v) is 11.6. The van der Waals surface area contributed by atoms with E-state index in [4.69, 9.17) is 14.6 Å². The summed E-state index contributed by atoms with van der Waals surface area (Å²) in [7, 11) is 3.95. The predicted molar refractivity (Wildman–Crippen MR) is 132 cm³/mol. The summed E-state index contributed by atoms with van der Waals surface area (Å²) in [6.45, 7) is 8.32. The summed E-state index contributed by atoms with van der Waals surface area (Å²) in [5.41, 5.74) is 0. The van der Waals surface area contributed by atoms with Crippen molar-refractivity contribution in [2.75, 3.05) is 64.0 Å². The topological polar surface area (TPSA) is 96.4 Å². The van der Waals surface area contributed by atoms with Gasteiger partial charge in [-0.1, -0.05) is 21.6 Å². The quantitative estimate of drug-likeness (QED) is 0.138. The van der Waals surface area contributed by atoms with Crippen LogP contribution >= 0.6 is 21.6 Å². The fourth-order valence-electron chi connectivity index (χ4n) is 4.35. The van der Waals surface area contributed by atoms with E-state index in [1.807, 2.05) is 21.6 Å². The van der Waals surface area contributed by atoms with Crippen LogP contribution in [0.1, 0.15) is 51.4 Å². The second-order valence-electron chi connectivity index (χ2n) is 8.87. The minimum absolute atomic E-state index is 0.0405. The number of nitrogens with zero attached hydrogens (tertiary/aromatic N) is 2. The molecule has 1 N–H and O–H groups in total. The van der Waals surface area contributed by atoms with E-state index < -0.39 is 11.9 Å². The Bertz CT molecular complexity index is 567. The summed E-state index contributed by atoms with van der Waals surface area (Å²) in [5.74, 6) is 2.23. The fraction of sp³-hybridized carbons (Fsp3) is 0.870. The number of carboxylic acid groups (broad SMARTS) is 1. The van der Waals surface area contributed by atoms with Crippen LogP contribution in [0, 0.1) is 11.8 Å². The number of hydrogen-bond acceptors (Lipinski definition) is 9. The standard InChI is InChI=1S/C23H40N2O6S2/c26-19-30-15-7-20-3-9-24(10-4-20)13-17-32-33-18-14-25-11-5-21(6-12-25)8-16-31-23(29)2-1-22(27)28/h19-21H,1-18H2,(H,27,28). The molecule has 0 unspecified atom stereocenters. The normalized spacial score (nSPS) is 18.8. The van der Waals surface area contributed by atoms with Crippen molar-refractivity contribution in [1.29, 1.82) is 0 Å². The van der Waals surface area contributed by atoms with E-state index in [1.54, 1.807) is 0 Å². The van der Waals surface area contributed by atoms with Gasteiger partial charge < -0.3 is 24.4 Å². The minimum atomic E-state index is -0.966. The Morgan fingerprint density at radius 3 is 1.85 bits per heavy atom. The second kappa shape index (κ2) is 17.5. The molecule has 0 atom stereocenters. The molecule has 0 aromatic heterocycles. The Kier molecular flexibility index (Phi) is 15.0. The smallest absolute Gasteiger partial charge is 0.306 e. The van der Waals surface area contributed by atoms with Crippen molar-refractivity contribution < 1.29 is 29.0 Å². The summed E-state index contributed by atoms with van der Waals surface area (Å²) >= 11 is 0. The molecule has 2 aliphatic heterocycles. The first-order valence-corrected chi connectivity index (χ1v) is 14.7. The van der Waals surface area contributed by atoms with Gasteiger partial charge in [0, 0.05) is 24.6 Å². The zero-order valence-corrected chi connectivity index (χ0v) is 21.3. The molecule has 2 heterocycles. The largest absolute Gasteiger partial charge is 0.481 e. The van der Waals surface area contributed by atoms with Gasteiger partial charge in [0.25, 0.3) is 6.47 Å². The molecule has 2 rings (SSSR count). The summed E-state index contributed by atoms with van der Waals surface area (Å²) < 4.78 is 9.97. The third-order valence-electron chi connectivity index (χ3n) is 6.52. The first-order valence-electron chi connectivity index (χ1n) is 12.2. The van der Waals surface area contributed by atoms with Gasteiger partial charge >= 0.3 is 11.9 Å². The van der Waals surface area contributed by atoms with E-state index >= 15 is 0 Å². The Balaban J connectivity index is 1.38. The third kappa shape index (κ3) is 13.5. The predicted octanol–water partition coefficient (Wildman–Crippen LogP) is 3.15. The number of aliphatic carboxylic acids is 1. The van der Waals surface area contributed by atoms with Crippen LogP contribution in [0.3, 0.4) is 0 Å². The van der Waals surface area contributed by atoms with Gasteiger partial charge in [-0.05, 0) is 76.5 Å². The lowest BCUT2D eigenvalue weighted by molar-refractivity contribution is -0.148. The van der Waals surface area contributed by atoms with Gasteiger partial charge in [-0.2, -0.15) is 0 Å². The van der Waals surface area contributed by atoms with Crippen LogP contribution in [0.4, 0.5) is 0 Å². The molecule has 0 radical (unpaired) electrons. The SMILES string of the molecule is O=COCCC1CCN(CCSSCCN2CCC(CCOC(=O)CCC(=O)O)CC2)CC1. The number of carboxylic acids is 1. The maximum absolute atomic E-state index is 11.5. The van der Waals surface area contributed by atoms with Crippen LogP contribution in [0.15, 0.2) is 0 Å². The molecular weight excluding hydrogens is 464 g/mol. The molecule has 2 aliphatic rings. The third-order valence-corrected chi connectivity index (χ3v) is 8.89. The molecule has 2 saturated heterocycles. The number of ether oxygens (including phenoxy) is 2. The number of carbonyl (C=O) groups is 3. The van der Waals surface area contributed by atoms with Crippen LogP contribution in [-0.4, -0.2) is 97.3 Å². The van der Waals surface area contributed by atoms with E-state index in [-0.39, 0.29) is 12.8 Å². The lowest BCUT2D eigenvalue weighted by Crippen LogP contribution is -2.35. The van der Waals surface area contributed by atoms with E-state index in [9.17, 15) is 14.4 Å². The first-order chi connectivity index (χ1) is 16.1. The van der Waals surface area contributed by atoms with Crippen molar-refractivity contribution >= 4 is 40.0 Å². The molecule has 0 aromatic carbocycles. The Morgan fingerprint density at radius 1 is 0.848 bits per heavy atom. The number of rotatable bonds is 17. The molecular formula is C23H40N2O6S2. The van der Waals surface area contributed by atoms with Crippen LogP contribution < -0.4 is 0 Å². The van der Waals surface area contributed by atoms with Crippen molar-refractivity contribution in [3.63, 3.8) is 0 Å². The number of piperidine rings is 2. The monoisotopic (exact) mass is 504 g/mol. The molecule has 33 heavy (non-hydrogen) atoms. The zero-order chi connectivity index (χ0) is 23.7. The van der Waals surface area contributed by atoms with Gasteiger partial charge in [-0.15, -0.1) is 0 Å². The fourth-order valence-corrected chi connectivity index (χ4v) is 6.41. The molecule has 10 heteroatoms. The molecule has 0 spiro atoms. The number of hydrogen-bond donors (Lipinski definition) is 1. The van der Waals surface area contributed by atoms with E-state index in [2.05, 4.69) is 9.80 Å². The highest BCUT2D eigenvalue weighted by atomic mass is 33.1. The Hall–Kier alpha value is -0.970. The summed E-state index contributed by atoms with van der Waals surface area (Å²) in [4.78, 5) is 37.2. The lowest BCUT2D eigenvalue weighted by Gasteiger charge is -2.32. The summed E-state index contributed by atoms with van der Waals surface area (Å²) in [5, 5.41) is 8.58. The van der Waals surface area contributed by atoms with Gasteiger partial charge in [0.05, 0.1) is 26.1 Å². The van der Waals surface area contributed by atoms with E-state index in [1.165, 1.54) is 12.8 Å². The highest BCUT2D eigenvalue weighted by Gasteiger charge is 2.20. The van der Waals surface area contributed by atoms with Crippen molar-refractivity contribution in [2.45, 2.75) is 51.4 Å². The molecule has 0 aromatic rings. The molecule has 190 valence electrons.